The van der Waals surface area contributed by atoms with Crippen LogP contribution in [-0.4, -0.2) is 38.7 Å². The van der Waals surface area contributed by atoms with Gasteiger partial charge in [0.05, 0.1) is 0 Å². The van der Waals surface area contributed by atoms with Gasteiger partial charge in [-0.05, 0) is 0 Å². The van der Waals surface area contributed by atoms with Crippen LogP contribution < -0.4 is 0 Å². The summed E-state index contributed by atoms with van der Waals surface area (Å²) in [5.74, 6) is 0. The molecule has 64 valence electrons. The van der Waals surface area contributed by atoms with Crippen LogP contribution in [0.1, 0.15) is 0 Å². The molecule has 0 saturated carbocycles. The van der Waals surface area contributed by atoms with E-state index in [1.54, 1.807) is 0 Å². The van der Waals surface area contributed by atoms with Gasteiger partial charge >= 0.3 is 55.7 Å². The Labute approximate surface area is 72.6 Å². The van der Waals surface area contributed by atoms with E-state index in [9.17, 15) is 16.8 Å². The van der Waals surface area contributed by atoms with Crippen LogP contribution in [0.15, 0.2) is 0 Å². The predicted molar refractivity (Wildman–Crippen MR) is 28.9 cm³/mol. The van der Waals surface area contributed by atoms with Gasteiger partial charge in [-0.25, -0.2) is 0 Å². The largest absolute Gasteiger partial charge is 0 e. The molecule has 0 heterocycles. The molecule has 10 heteroatoms. The summed E-state index contributed by atoms with van der Waals surface area (Å²) in [6, 6.07) is 0. The summed E-state index contributed by atoms with van der Waals surface area (Å²) in [6.45, 7) is 0. The van der Waals surface area contributed by atoms with Crippen LogP contribution in [0.4, 0.5) is 0 Å². The van der Waals surface area contributed by atoms with Crippen molar-refractivity contribution in [2.45, 2.75) is 0 Å². The maximum Gasteiger partial charge on any atom is 0 e. The van der Waals surface area contributed by atoms with E-state index in [4.69, 9.17) is 9.11 Å². The molecule has 0 unspecified atom stereocenters. The van der Waals surface area contributed by atoms with E-state index < -0.39 is 29.8 Å². The molecule has 0 aromatic rings. The molecule has 0 amide bonds. The Balaban J connectivity index is 0. The van der Waals surface area contributed by atoms with Gasteiger partial charge in [-0.15, -0.1) is 0 Å². The molecule has 0 aromatic carbocycles. The molecule has 0 aliphatic rings. The van der Waals surface area contributed by atoms with Gasteiger partial charge in [0, 0.05) is 17.1 Å². The standard InChI is InChI=1S/Fe.H2O6S2Se/c;1-7(2,3)9-8(4,5)6/h;(H,1,2,3)(H,4,5,6). The Morgan fingerprint density at radius 1 is 0.900 bits per heavy atom. The van der Waals surface area contributed by atoms with Crippen LogP contribution in [0.3, 0.4) is 0 Å². The summed E-state index contributed by atoms with van der Waals surface area (Å²) in [4.78, 5) is 0. The Morgan fingerprint density at radius 3 is 1.10 bits per heavy atom. The van der Waals surface area contributed by atoms with Crippen LogP contribution in [0.25, 0.3) is 0 Å². The molecular weight excluding hydrogens is 295 g/mol. The van der Waals surface area contributed by atoms with E-state index in [1.807, 2.05) is 0 Å². The Kier molecular flexibility index (Phi) is 5.42. The van der Waals surface area contributed by atoms with Crippen LogP contribution in [0, 0.1) is 0 Å². The quantitative estimate of drug-likeness (QED) is 0.464. The van der Waals surface area contributed by atoms with Crippen molar-refractivity contribution in [1.29, 1.82) is 0 Å². The second-order valence-electron chi connectivity index (χ2n) is 0.924. The van der Waals surface area contributed by atoms with Crippen molar-refractivity contribution < 1.29 is 43.0 Å². The van der Waals surface area contributed by atoms with Crippen molar-refractivity contribution in [2.75, 3.05) is 0 Å². The molecule has 0 aliphatic carbocycles. The molecule has 0 fully saturated rings. The van der Waals surface area contributed by atoms with Crippen LogP contribution >= 0.6 is 0 Å². The summed E-state index contributed by atoms with van der Waals surface area (Å²) < 4.78 is 54.4. The topological polar surface area (TPSA) is 109 Å². The minimum absolute atomic E-state index is 0. The molecule has 0 saturated heterocycles. The first-order valence-electron chi connectivity index (χ1n) is 1.37. The molecule has 0 radical (unpaired) electrons. The van der Waals surface area contributed by atoms with Gasteiger partial charge < -0.3 is 0 Å². The molecule has 10 heavy (non-hydrogen) atoms. The van der Waals surface area contributed by atoms with E-state index in [-0.39, 0.29) is 17.1 Å². The summed E-state index contributed by atoms with van der Waals surface area (Å²) in [5, 5.41) is 0. The van der Waals surface area contributed by atoms with E-state index in [0.717, 1.165) is 0 Å². The number of rotatable bonds is 2. The summed E-state index contributed by atoms with van der Waals surface area (Å²) in [5.41, 5.74) is 0. The minimum Gasteiger partial charge on any atom is 0 e. The third-order valence-corrected chi connectivity index (χ3v) is 8.04. The van der Waals surface area contributed by atoms with E-state index >= 15 is 0 Å². The summed E-state index contributed by atoms with van der Waals surface area (Å²) in [7, 11) is -9.11. The van der Waals surface area contributed by atoms with Crippen molar-refractivity contribution in [3.63, 3.8) is 0 Å². The first kappa shape index (κ1) is 13.4. The molecule has 0 aliphatic heterocycles. The second kappa shape index (κ2) is 4.03. The van der Waals surface area contributed by atoms with Crippen molar-refractivity contribution in [3.05, 3.63) is 0 Å². The first-order chi connectivity index (χ1) is 3.71. The maximum atomic E-state index is 9.69. The predicted octanol–water partition coefficient (Wildman–Crippen LogP) is -1.71. The molecule has 2 N–H and O–H groups in total. The monoisotopic (exact) mass is 298 g/mol. The third-order valence-electron chi connectivity index (χ3n) is 0.172. The summed E-state index contributed by atoms with van der Waals surface area (Å²) >= 11 is -2.19. The van der Waals surface area contributed by atoms with Gasteiger partial charge in [0.15, 0.2) is 0 Å². The van der Waals surface area contributed by atoms with Crippen LogP contribution in [0.2, 0.25) is 0 Å². The maximum absolute atomic E-state index is 9.69. The fourth-order valence-corrected chi connectivity index (χ4v) is 5.08. The van der Waals surface area contributed by atoms with Crippen molar-refractivity contribution in [2.24, 2.45) is 0 Å². The number of hydrogen-bond donors (Lipinski definition) is 2. The van der Waals surface area contributed by atoms with Gasteiger partial charge in [-0.3, -0.25) is 0 Å². The Hall–Kier alpha value is 0.859. The van der Waals surface area contributed by atoms with Crippen LogP contribution in [0.5, 0.6) is 0 Å². The zero-order chi connectivity index (χ0) is 7.71. The molecule has 0 rings (SSSR count). The third kappa shape index (κ3) is 11.6. The average molecular weight is 297 g/mol. The van der Waals surface area contributed by atoms with Crippen molar-refractivity contribution in [3.8, 4) is 0 Å². The number of hydrogen-bond acceptors (Lipinski definition) is 4. The molecular formula is H2FeO6S2Se. The van der Waals surface area contributed by atoms with Gasteiger partial charge in [0.1, 0.15) is 0 Å². The minimum atomic E-state index is -4.56. The van der Waals surface area contributed by atoms with E-state index in [2.05, 4.69) is 0 Å². The Bertz CT molecular complexity index is 241. The zero-order valence-electron chi connectivity index (χ0n) is 4.11. The smallest absolute Gasteiger partial charge is 0 e. The van der Waals surface area contributed by atoms with Crippen molar-refractivity contribution >= 4 is 29.8 Å². The fourth-order valence-electron chi connectivity index (χ4n) is 0.109. The van der Waals surface area contributed by atoms with E-state index in [0.29, 0.717) is 0 Å². The molecule has 0 bridgehead atoms. The summed E-state index contributed by atoms with van der Waals surface area (Å²) in [6.07, 6.45) is 0. The first-order valence-corrected chi connectivity index (χ1v) is 8.29. The molecule has 0 atom stereocenters. The normalized spacial score (nSPS) is 12.2. The Morgan fingerprint density at radius 2 is 1.10 bits per heavy atom. The van der Waals surface area contributed by atoms with Crippen LogP contribution in [-0.2, 0) is 34.1 Å². The fraction of sp³-hybridized carbons (Fsp3) is 0. The zero-order valence-corrected chi connectivity index (χ0v) is 8.56. The second-order valence-corrected chi connectivity index (χ2v) is 11.1. The molecule has 0 aromatic heterocycles. The molecule has 6 nitrogen and oxygen atoms in total. The average Bonchev–Trinajstić information content (AvgIpc) is 1.14. The SMILES string of the molecule is O=S(=O)(O)[Se]S(=O)(=O)O.[Fe]. The van der Waals surface area contributed by atoms with Gasteiger partial charge in [-0.1, -0.05) is 0 Å². The van der Waals surface area contributed by atoms with Gasteiger partial charge in [-0.2, -0.15) is 0 Å². The van der Waals surface area contributed by atoms with Crippen molar-refractivity contribution in [1.82, 2.24) is 0 Å². The van der Waals surface area contributed by atoms with E-state index in [1.165, 1.54) is 0 Å². The van der Waals surface area contributed by atoms with Gasteiger partial charge in [0.25, 0.3) is 0 Å². The molecule has 0 spiro atoms. The van der Waals surface area contributed by atoms with Gasteiger partial charge in [0.2, 0.25) is 0 Å².